The summed E-state index contributed by atoms with van der Waals surface area (Å²) in [4.78, 5) is 18.4. The molecule has 0 atom stereocenters. The van der Waals surface area contributed by atoms with E-state index in [1.807, 2.05) is 45.2 Å². The number of nitrogens with two attached hydrogens (primary N) is 1. The number of piperazine rings is 1. The Kier molecular flexibility index (Phi) is 7.19. The summed E-state index contributed by atoms with van der Waals surface area (Å²) in [6.45, 7) is 8.45. The van der Waals surface area contributed by atoms with Crippen molar-refractivity contribution in [3.63, 3.8) is 0 Å². The minimum Gasteiger partial charge on any atom is -0.399 e. The molecule has 0 unspecified atom stereocenters. The number of benzene rings is 1. The van der Waals surface area contributed by atoms with Crippen LogP contribution in [0.4, 0.5) is 11.4 Å². The maximum Gasteiger partial charge on any atom is 0.240 e. The van der Waals surface area contributed by atoms with Crippen molar-refractivity contribution in [2.75, 3.05) is 57.5 Å². The molecule has 0 saturated carbocycles. The van der Waals surface area contributed by atoms with E-state index in [9.17, 15) is 4.79 Å². The molecule has 0 bridgehead atoms. The predicted molar refractivity (Wildman–Crippen MR) is 89.5 cm³/mol. The molecule has 21 heavy (non-hydrogen) atoms. The Balaban J connectivity index is 0.00000106. The van der Waals surface area contributed by atoms with E-state index in [2.05, 4.69) is 16.8 Å². The quantitative estimate of drug-likeness (QED) is 0.858. The zero-order valence-electron chi connectivity index (χ0n) is 13.7. The van der Waals surface area contributed by atoms with Crippen molar-refractivity contribution in [2.45, 2.75) is 13.8 Å². The molecule has 118 valence electrons. The molecule has 0 aliphatic carbocycles. The predicted octanol–water partition coefficient (Wildman–Crippen LogP) is 1.51. The van der Waals surface area contributed by atoms with Gasteiger partial charge in [-0.3, -0.25) is 9.69 Å². The highest BCUT2D eigenvalue weighted by atomic mass is 16.2. The lowest BCUT2D eigenvalue weighted by molar-refractivity contribution is -0.119. The average molecular weight is 292 g/mol. The summed E-state index contributed by atoms with van der Waals surface area (Å²) >= 11 is 0. The molecule has 5 heteroatoms. The van der Waals surface area contributed by atoms with Crippen LogP contribution in [0.2, 0.25) is 0 Å². The van der Waals surface area contributed by atoms with E-state index in [-0.39, 0.29) is 5.91 Å². The van der Waals surface area contributed by atoms with Crippen molar-refractivity contribution in [1.29, 1.82) is 0 Å². The number of hydrogen-bond acceptors (Lipinski definition) is 4. The van der Waals surface area contributed by atoms with Crippen LogP contribution in [0.25, 0.3) is 0 Å². The number of hydrogen-bond donors (Lipinski definition) is 1. The minimum atomic E-state index is 0.120. The lowest BCUT2D eigenvalue weighted by Gasteiger charge is -2.32. The van der Waals surface area contributed by atoms with E-state index in [0.717, 1.165) is 31.9 Å². The van der Waals surface area contributed by atoms with Gasteiger partial charge in [0.15, 0.2) is 0 Å². The van der Waals surface area contributed by atoms with Crippen molar-refractivity contribution >= 4 is 17.3 Å². The SMILES string of the molecule is CC.CN1CCN(CC(=O)N(C)c2ccc(N)cc2)CC1. The number of likely N-dealkylation sites (N-methyl/N-ethyl adjacent to an activating group) is 2. The highest BCUT2D eigenvalue weighted by molar-refractivity contribution is 5.94. The zero-order valence-corrected chi connectivity index (χ0v) is 13.7. The van der Waals surface area contributed by atoms with Crippen LogP contribution in [-0.2, 0) is 4.79 Å². The first-order chi connectivity index (χ1) is 10.1. The highest BCUT2D eigenvalue weighted by Crippen LogP contribution is 2.15. The first-order valence-corrected chi connectivity index (χ1v) is 7.59. The van der Waals surface area contributed by atoms with E-state index in [0.29, 0.717) is 12.2 Å². The smallest absolute Gasteiger partial charge is 0.240 e. The highest BCUT2D eigenvalue weighted by Gasteiger charge is 2.19. The maximum absolute atomic E-state index is 12.2. The molecule has 2 rings (SSSR count). The van der Waals surface area contributed by atoms with Crippen LogP contribution in [-0.4, -0.2) is 62.5 Å². The molecule has 0 radical (unpaired) electrons. The Bertz CT molecular complexity index is 424. The Labute approximate surface area is 128 Å². The third-order valence-corrected chi connectivity index (χ3v) is 3.61. The Hall–Kier alpha value is -1.59. The third-order valence-electron chi connectivity index (χ3n) is 3.61. The number of carbonyl (C=O) groups is 1. The molecule has 1 aliphatic rings. The van der Waals surface area contributed by atoms with Crippen LogP contribution in [0.3, 0.4) is 0 Å². The van der Waals surface area contributed by atoms with Crippen LogP contribution in [0.1, 0.15) is 13.8 Å². The van der Waals surface area contributed by atoms with Gasteiger partial charge >= 0.3 is 0 Å². The minimum absolute atomic E-state index is 0.120. The molecule has 1 amide bonds. The van der Waals surface area contributed by atoms with E-state index in [1.165, 1.54) is 0 Å². The lowest BCUT2D eigenvalue weighted by atomic mass is 10.2. The van der Waals surface area contributed by atoms with Crippen molar-refractivity contribution in [3.05, 3.63) is 24.3 Å². The lowest BCUT2D eigenvalue weighted by Crippen LogP contribution is -2.48. The zero-order chi connectivity index (χ0) is 15.8. The van der Waals surface area contributed by atoms with Gasteiger partial charge in [-0.1, -0.05) is 13.8 Å². The number of nitrogen functional groups attached to an aromatic ring is 1. The number of carbonyl (C=O) groups excluding carboxylic acids is 1. The number of rotatable bonds is 3. The molecule has 1 heterocycles. The van der Waals surface area contributed by atoms with E-state index in [1.54, 1.807) is 4.90 Å². The molecule has 1 saturated heterocycles. The van der Waals surface area contributed by atoms with E-state index >= 15 is 0 Å². The number of nitrogens with zero attached hydrogens (tertiary/aromatic N) is 3. The molecular weight excluding hydrogens is 264 g/mol. The first-order valence-electron chi connectivity index (χ1n) is 7.59. The van der Waals surface area contributed by atoms with Crippen molar-refractivity contribution in [1.82, 2.24) is 9.80 Å². The van der Waals surface area contributed by atoms with Crippen LogP contribution < -0.4 is 10.6 Å². The van der Waals surface area contributed by atoms with Gasteiger partial charge in [-0.25, -0.2) is 0 Å². The second-order valence-corrected chi connectivity index (χ2v) is 5.12. The van der Waals surface area contributed by atoms with Gasteiger partial charge in [-0.2, -0.15) is 0 Å². The van der Waals surface area contributed by atoms with Crippen LogP contribution in [0.15, 0.2) is 24.3 Å². The van der Waals surface area contributed by atoms with Gasteiger partial charge in [-0.15, -0.1) is 0 Å². The van der Waals surface area contributed by atoms with Crippen LogP contribution in [0, 0.1) is 0 Å². The topological polar surface area (TPSA) is 52.8 Å². The Morgan fingerprint density at radius 2 is 1.67 bits per heavy atom. The summed E-state index contributed by atoms with van der Waals surface area (Å²) in [6, 6.07) is 7.37. The summed E-state index contributed by atoms with van der Waals surface area (Å²) in [5, 5.41) is 0. The van der Waals surface area contributed by atoms with Gasteiger partial charge in [-0.05, 0) is 31.3 Å². The fourth-order valence-corrected chi connectivity index (χ4v) is 2.15. The van der Waals surface area contributed by atoms with Gasteiger partial charge in [0.1, 0.15) is 0 Å². The normalized spacial score (nSPS) is 16.0. The monoisotopic (exact) mass is 292 g/mol. The standard InChI is InChI=1S/C14H22N4O.C2H6/c1-16-7-9-18(10-8-16)11-14(19)17(2)13-5-3-12(15)4-6-13;1-2/h3-6H,7-11,15H2,1-2H3;1-2H3. The molecule has 0 aromatic heterocycles. The van der Waals surface area contributed by atoms with E-state index in [4.69, 9.17) is 5.73 Å². The van der Waals surface area contributed by atoms with Gasteiger partial charge in [0, 0.05) is 44.6 Å². The molecule has 2 N–H and O–H groups in total. The van der Waals surface area contributed by atoms with Crippen molar-refractivity contribution in [2.24, 2.45) is 0 Å². The molecular formula is C16H28N4O. The third kappa shape index (κ3) is 5.36. The fourth-order valence-electron chi connectivity index (χ4n) is 2.15. The summed E-state index contributed by atoms with van der Waals surface area (Å²) in [5.41, 5.74) is 7.24. The van der Waals surface area contributed by atoms with Gasteiger partial charge < -0.3 is 15.5 Å². The fraction of sp³-hybridized carbons (Fsp3) is 0.562. The molecule has 1 aromatic rings. The maximum atomic E-state index is 12.2. The Morgan fingerprint density at radius 1 is 1.14 bits per heavy atom. The molecule has 1 aromatic carbocycles. The van der Waals surface area contributed by atoms with Gasteiger partial charge in [0.25, 0.3) is 0 Å². The second kappa shape index (κ2) is 8.64. The summed E-state index contributed by atoms with van der Waals surface area (Å²) in [6.07, 6.45) is 0. The van der Waals surface area contributed by atoms with Crippen LogP contribution in [0.5, 0.6) is 0 Å². The number of amides is 1. The first kappa shape index (κ1) is 17.5. The van der Waals surface area contributed by atoms with Crippen molar-refractivity contribution in [3.8, 4) is 0 Å². The summed E-state index contributed by atoms with van der Waals surface area (Å²) in [5.74, 6) is 0.120. The van der Waals surface area contributed by atoms with Gasteiger partial charge in [0.2, 0.25) is 5.91 Å². The average Bonchev–Trinajstić information content (AvgIpc) is 2.51. The molecule has 1 fully saturated rings. The Morgan fingerprint density at radius 3 is 2.19 bits per heavy atom. The summed E-state index contributed by atoms with van der Waals surface area (Å²) in [7, 11) is 3.92. The largest absolute Gasteiger partial charge is 0.399 e. The van der Waals surface area contributed by atoms with Gasteiger partial charge in [0.05, 0.1) is 6.54 Å². The second-order valence-electron chi connectivity index (χ2n) is 5.12. The molecule has 0 spiro atoms. The van der Waals surface area contributed by atoms with Crippen molar-refractivity contribution < 1.29 is 4.79 Å². The van der Waals surface area contributed by atoms with E-state index < -0.39 is 0 Å². The molecule has 1 aliphatic heterocycles. The number of anilines is 2. The summed E-state index contributed by atoms with van der Waals surface area (Å²) < 4.78 is 0. The van der Waals surface area contributed by atoms with Crippen LogP contribution >= 0.6 is 0 Å². The molecule has 5 nitrogen and oxygen atoms in total.